The first-order valence-electron chi connectivity index (χ1n) is 8.93. The highest BCUT2D eigenvalue weighted by Gasteiger charge is 2.28. The Bertz CT molecular complexity index is 953. The zero-order valence-electron chi connectivity index (χ0n) is 15.4. The normalized spacial score (nSPS) is 16.2. The fourth-order valence-electron chi connectivity index (χ4n) is 3.20. The highest BCUT2D eigenvalue weighted by atomic mass is 35.5. The zero-order chi connectivity index (χ0) is 20.3. The number of hydrogen-bond donors (Lipinski definition) is 1. The number of aromatic nitrogens is 2. The van der Waals surface area contributed by atoms with E-state index in [9.17, 15) is 13.2 Å². The van der Waals surface area contributed by atoms with Crippen molar-refractivity contribution >= 4 is 39.1 Å². The number of piperidine rings is 1. The molecule has 7 nitrogen and oxygen atoms in total. The van der Waals surface area contributed by atoms with Gasteiger partial charge in [-0.2, -0.15) is 5.10 Å². The molecule has 1 fully saturated rings. The molecule has 0 radical (unpaired) electrons. The van der Waals surface area contributed by atoms with E-state index in [0.29, 0.717) is 53.6 Å². The number of nitrogens with one attached hydrogen (secondary N) is 1. The molecule has 0 spiro atoms. The first-order chi connectivity index (χ1) is 13.2. The molecule has 28 heavy (non-hydrogen) atoms. The molecule has 1 N–H and O–H groups in total. The molecule has 1 aliphatic heterocycles. The molecular formula is C18H22Cl2N4O3S. The molecule has 2 aromatic rings. The van der Waals surface area contributed by atoms with Crippen LogP contribution in [0.15, 0.2) is 30.6 Å². The zero-order valence-corrected chi connectivity index (χ0v) is 17.8. The van der Waals surface area contributed by atoms with Gasteiger partial charge in [-0.05, 0) is 36.5 Å². The Morgan fingerprint density at radius 3 is 2.57 bits per heavy atom. The third kappa shape index (κ3) is 5.26. The van der Waals surface area contributed by atoms with Crippen LogP contribution >= 0.6 is 23.2 Å². The van der Waals surface area contributed by atoms with Crippen LogP contribution in [0.25, 0.3) is 0 Å². The van der Waals surface area contributed by atoms with Gasteiger partial charge in [-0.1, -0.05) is 29.3 Å². The maximum absolute atomic E-state index is 12.7. The molecule has 10 heteroatoms. The minimum atomic E-state index is -3.43. The van der Waals surface area contributed by atoms with E-state index in [2.05, 4.69) is 10.4 Å². The number of nitrogens with zero attached hydrogens (tertiary/aromatic N) is 3. The maximum Gasteiger partial charge on any atom is 0.254 e. The topological polar surface area (TPSA) is 84.3 Å². The lowest BCUT2D eigenvalue weighted by Gasteiger charge is -2.31. The van der Waals surface area contributed by atoms with Gasteiger partial charge >= 0.3 is 0 Å². The maximum atomic E-state index is 12.7. The molecular weight excluding hydrogens is 423 g/mol. The van der Waals surface area contributed by atoms with Crippen LogP contribution in [0.4, 0.5) is 0 Å². The molecule has 1 saturated heterocycles. The number of carbonyl (C=O) groups excluding carboxylic acids is 1. The first-order valence-corrected chi connectivity index (χ1v) is 11.3. The summed E-state index contributed by atoms with van der Waals surface area (Å²) < 4.78 is 28.4. The van der Waals surface area contributed by atoms with E-state index in [4.69, 9.17) is 23.2 Å². The van der Waals surface area contributed by atoms with E-state index in [1.165, 1.54) is 10.5 Å². The molecule has 3 rings (SSSR count). The van der Waals surface area contributed by atoms with Crippen LogP contribution in [0.2, 0.25) is 10.0 Å². The Balaban J connectivity index is 1.49. The molecule has 1 aromatic carbocycles. The Morgan fingerprint density at radius 1 is 1.25 bits per heavy atom. The quantitative estimate of drug-likeness (QED) is 0.741. The van der Waals surface area contributed by atoms with Gasteiger partial charge in [0.15, 0.2) is 0 Å². The van der Waals surface area contributed by atoms with E-state index < -0.39 is 10.0 Å². The molecule has 0 aliphatic carbocycles. The lowest BCUT2D eigenvalue weighted by atomic mass is 9.98. The van der Waals surface area contributed by atoms with Crippen molar-refractivity contribution in [3.05, 3.63) is 51.8 Å². The number of benzene rings is 1. The third-order valence-electron chi connectivity index (χ3n) is 4.82. The van der Waals surface area contributed by atoms with Crippen molar-refractivity contribution in [3.8, 4) is 0 Å². The molecule has 1 aromatic heterocycles. The standard InChI is InChI=1S/C18H22Cl2N4O3S/c1-23-11-15(10-22-23)18(25)21-9-13-4-6-24(7-5-13)28(26,27)12-14-2-3-16(19)17(20)8-14/h2-3,8,10-11,13H,4-7,9,12H2,1H3,(H,21,25). The molecule has 152 valence electrons. The summed E-state index contributed by atoms with van der Waals surface area (Å²) in [6.07, 6.45) is 4.59. The van der Waals surface area contributed by atoms with Crippen LogP contribution in [0, 0.1) is 5.92 Å². The summed E-state index contributed by atoms with van der Waals surface area (Å²) in [6, 6.07) is 4.86. The van der Waals surface area contributed by atoms with Crippen LogP contribution in [0.5, 0.6) is 0 Å². The molecule has 2 heterocycles. The average Bonchev–Trinajstić information content (AvgIpc) is 3.09. The van der Waals surface area contributed by atoms with E-state index in [1.807, 2.05) is 0 Å². The van der Waals surface area contributed by atoms with E-state index in [1.54, 1.807) is 36.1 Å². The Morgan fingerprint density at radius 2 is 1.96 bits per heavy atom. The van der Waals surface area contributed by atoms with Crippen LogP contribution in [0.1, 0.15) is 28.8 Å². The van der Waals surface area contributed by atoms with E-state index in [-0.39, 0.29) is 17.6 Å². The van der Waals surface area contributed by atoms with Crippen molar-refractivity contribution in [1.29, 1.82) is 0 Å². The second-order valence-corrected chi connectivity index (χ2v) is 9.74. The van der Waals surface area contributed by atoms with E-state index in [0.717, 1.165) is 0 Å². The van der Waals surface area contributed by atoms with Crippen molar-refractivity contribution in [2.45, 2.75) is 18.6 Å². The predicted octanol–water partition coefficient (Wildman–Crippen LogP) is 2.70. The molecule has 0 bridgehead atoms. The Labute approximate surface area is 174 Å². The lowest BCUT2D eigenvalue weighted by Crippen LogP contribution is -2.42. The number of aryl methyl sites for hydroxylation is 1. The van der Waals surface area contributed by atoms with Crippen molar-refractivity contribution in [1.82, 2.24) is 19.4 Å². The highest BCUT2D eigenvalue weighted by Crippen LogP contribution is 2.25. The largest absolute Gasteiger partial charge is 0.352 e. The van der Waals surface area contributed by atoms with Gasteiger partial charge in [-0.25, -0.2) is 12.7 Å². The Kier molecular flexibility index (Phi) is 6.65. The summed E-state index contributed by atoms with van der Waals surface area (Å²) in [7, 11) is -1.67. The van der Waals surface area contributed by atoms with Gasteiger partial charge in [0.2, 0.25) is 10.0 Å². The number of hydrogen-bond acceptors (Lipinski definition) is 4. The van der Waals surface area contributed by atoms with Crippen molar-refractivity contribution in [3.63, 3.8) is 0 Å². The fourth-order valence-corrected chi connectivity index (χ4v) is 5.07. The van der Waals surface area contributed by atoms with Crippen molar-refractivity contribution in [2.24, 2.45) is 13.0 Å². The smallest absolute Gasteiger partial charge is 0.254 e. The number of halogens is 2. The third-order valence-corrected chi connectivity index (χ3v) is 7.41. The van der Waals surface area contributed by atoms with Gasteiger partial charge in [0.25, 0.3) is 5.91 Å². The Hall–Kier alpha value is -1.61. The van der Waals surface area contributed by atoms with Gasteiger partial charge in [0.05, 0.1) is 27.6 Å². The number of amides is 1. The van der Waals surface area contributed by atoms with Crippen LogP contribution in [0.3, 0.4) is 0 Å². The molecule has 1 aliphatic rings. The molecule has 1 amide bonds. The minimum Gasteiger partial charge on any atom is -0.352 e. The summed E-state index contributed by atoms with van der Waals surface area (Å²) in [5.74, 6) is -0.0217. The fraction of sp³-hybridized carbons (Fsp3) is 0.444. The lowest BCUT2D eigenvalue weighted by molar-refractivity contribution is 0.0941. The molecule has 0 unspecified atom stereocenters. The number of carbonyl (C=O) groups is 1. The summed E-state index contributed by atoms with van der Waals surface area (Å²) in [6.45, 7) is 1.41. The van der Waals surface area contributed by atoms with Crippen LogP contribution in [-0.4, -0.2) is 48.0 Å². The summed E-state index contributed by atoms with van der Waals surface area (Å²) in [4.78, 5) is 12.1. The summed E-state index contributed by atoms with van der Waals surface area (Å²) >= 11 is 11.9. The molecule has 0 atom stereocenters. The SMILES string of the molecule is Cn1cc(C(=O)NCC2CCN(S(=O)(=O)Cc3ccc(Cl)c(Cl)c3)CC2)cn1. The second kappa shape index (κ2) is 8.82. The molecule has 0 saturated carbocycles. The highest BCUT2D eigenvalue weighted by molar-refractivity contribution is 7.88. The van der Waals surface area contributed by atoms with Gasteiger partial charge in [0.1, 0.15) is 0 Å². The number of rotatable bonds is 6. The van der Waals surface area contributed by atoms with Crippen LogP contribution in [-0.2, 0) is 22.8 Å². The average molecular weight is 445 g/mol. The van der Waals surface area contributed by atoms with Crippen molar-refractivity contribution in [2.75, 3.05) is 19.6 Å². The van der Waals surface area contributed by atoms with Gasteiger partial charge in [0, 0.05) is 32.9 Å². The first kappa shape index (κ1) is 21.1. The minimum absolute atomic E-state index is 0.105. The van der Waals surface area contributed by atoms with Gasteiger partial charge in [-0.3, -0.25) is 9.48 Å². The predicted molar refractivity (Wildman–Crippen MR) is 109 cm³/mol. The monoisotopic (exact) mass is 444 g/mol. The second-order valence-electron chi connectivity index (χ2n) is 6.96. The number of sulfonamides is 1. The van der Waals surface area contributed by atoms with Gasteiger partial charge < -0.3 is 5.32 Å². The van der Waals surface area contributed by atoms with Gasteiger partial charge in [-0.15, -0.1) is 0 Å². The summed E-state index contributed by atoms with van der Waals surface area (Å²) in [5.41, 5.74) is 1.13. The van der Waals surface area contributed by atoms with Crippen LogP contribution < -0.4 is 5.32 Å². The summed E-state index contributed by atoms with van der Waals surface area (Å²) in [5, 5.41) is 7.63. The van der Waals surface area contributed by atoms with E-state index >= 15 is 0 Å². The van der Waals surface area contributed by atoms with Crippen molar-refractivity contribution < 1.29 is 13.2 Å².